The number of likely N-dealkylation sites (tertiary alicyclic amines) is 2. The SMILES string of the molecule is CSc1ccc(C(=O)C2CCN(C3(C)CCN(C(=O)c4c(C)cccc4C)CC3)CC2)cc1. The van der Waals surface area contributed by atoms with E-state index in [-0.39, 0.29) is 17.4 Å². The minimum atomic E-state index is 0.103. The Kier molecular flexibility index (Phi) is 7.30. The molecule has 2 aliphatic rings. The molecule has 0 spiro atoms. The van der Waals surface area contributed by atoms with Gasteiger partial charge in [-0.2, -0.15) is 0 Å². The van der Waals surface area contributed by atoms with Crippen molar-refractivity contribution in [2.75, 3.05) is 32.4 Å². The average molecular weight is 465 g/mol. The summed E-state index contributed by atoms with van der Waals surface area (Å²) >= 11 is 1.70. The molecule has 1 amide bonds. The van der Waals surface area contributed by atoms with Crippen molar-refractivity contribution in [3.05, 3.63) is 64.7 Å². The number of hydrogen-bond donors (Lipinski definition) is 0. The molecule has 2 aliphatic heterocycles. The molecule has 2 aromatic rings. The zero-order chi connectivity index (χ0) is 23.6. The molecule has 0 saturated carbocycles. The van der Waals surface area contributed by atoms with Crippen LogP contribution in [0.25, 0.3) is 0 Å². The third kappa shape index (κ3) is 5.04. The Morgan fingerprint density at radius 1 is 0.909 bits per heavy atom. The molecule has 0 radical (unpaired) electrons. The van der Waals surface area contributed by atoms with Crippen molar-refractivity contribution < 1.29 is 9.59 Å². The lowest BCUT2D eigenvalue weighted by molar-refractivity contribution is 0.0120. The van der Waals surface area contributed by atoms with Crippen LogP contribution in [0.4, 0.5) is 0 Å². The molecule has 2 saturated heterocycles. The molecule has 0 atom stereocenters. The van der Waals surface area contributed by atoms with Gasteiger partial charge in [0.1, 0.15) is 0 Å². The van der Waals surface area contributed by atoms with Crippen LogP contribution in [0, 0.1) is 19.8 Å². The Bertz CT molecular complexity index is 981. The maximum Gasteiger partial charge on any atom is 0.254 e. The third-order valence-corrected chi connectivity index (χ3v) is 8.57. The minimum Gasteiger partial charge on any atom is -0.338 e. The van der Waals surface area contributed by atoms with E-state index in [1.165, 1.54) is 4.90 Å². The van der Waals surface area contributed by atoms with Gasteiger partial charge in [0.2, 0.25) is 0 Å². The fourth-order valence-corrected chi connectivity index (χ4v) is 5.90. The smallest absolute Gasteiger partial charge is 0.254 e. The molecule has 0 bridgehead atoms. The lowest BCUT2D eigenvalue weighted by atomic mass is 9.82. The number of piperidine rings is 2. The summed E-state index contributed by atoms with van der Waals surface area (Å²) < 4.78 is 0. The van der Waals surface area contributed by atoms with Gasteiger partial charge in [0.25, 0.3) is 5.91 Å². The number of rotatable bonds is 5. The van der Waals surface area contributed by atoms with Gasteiger partial charge in [0.15, 0.2) is 5.78 Å². The van der Waals surface area contributed by atoms with Crippen molar-refractivity contribution in [3.63, 3.8) is 0 Å². The van der Waals surface area contributed by atoms with Gasteiger partial charge in [-0.25, -0.2) is 0 Å². The van der Waals surface area contributed by atoms with Crippen molar-refractivity contribution in [1.29, 1.82) is 0 Å². The third-order valence-electron chi connectivity index (χ3n) is 7.83. The van der Waals surface area contributed by atoms with E-state index in [0.29, 0.717) is 5.78 Å². The molecule has 0 aliphatic carbocycles. The molecule has 0 aromatic heterocycles. The molecule has 4 nitrogen and oxygen atoms in total. The lowest BCUT2D eigenvalue weighted by Crippen LogP contribution is -2.56. The van der Waals surface area contributed by atoms with Crippen LogP contribution in [0.3, 0.4) is 0 Å². The van der Waals surface area contributed by atoms with Crippen LogP contribution in [0.1, 0.15) is 64.4 Å². The summed E-state index contributed by atoms with van der Waals surface area (Å²) in [4.78, 5) is 32.0. The first-order valence-corrected chi connectivity index (χ1v) is 13.3. The molecule has 33 heavy (non-hydrogen) atoms. The maximum atomic E-state index is 13.2. The second-order valence-corrected chi connectivity index (χ2v) is 10.8. The van der Waals surface area contributed by atoms with Crippen LogP contribution in [-0.4, -0.2) is 59.5 Å². The number of benzene rings is 2. The highest BCUT2D eigenvalue weighted by molar-refractivity contribution is 7.98. The Morgan fingerprint density at radius 2 is 1.48 bits per heavy atom. The van der Waals surface area contributed by atoms with Crippen LogP contribution >= 0.6 is 11.8 Å². The van der Waals surface area contributed by atoms with Gasteiger partial charge in [-0.15, -0.1) is 11.8 Å². The summed E-state index contributed by atoms with van der Waals surface area (Å²) in [6.07, 6.45) is 5.86. The van der Waals surface area contributed by atoms with E-state index in [0.717, 1.165) is 74.1 Å². The molecule has 2 heterocycles. The number of hydrogen-bond acceptors (Lipinski definition) is 4. The van der Waals surface area contributed by atoms with Crippen molar-refractivity contribution >= 4 is 23.5 Å². The maximum absolute atomic E-state index is 13.2. The summed E-state index contributed by atoms with van der Waals surface area (Å²) in [5.41, 5.74) is 3.93. The highest BCUT2D eigenvalue weighted by Crippen LogP contribution is 2.34. The summed E-state index contributed by atoms with van der Waals surface area (Å²) in [7, 11) is 0. The zero-order valence-electron chi connectivity index (χ0n) is 20.4. The molecule has 5 heteroatoms. The van der Waals surface area contributed by atoms with Gasteiger partial charge >= 0.3 is 0 Å². The normalized spacial score (nSPS) is 19.5. The van der Waals surface area contributed by atoms with Gasteiger partial charge in [-0.3, -0.25) is 14.5 Å². The quantitative estimate of drug-likeness (QED) is 0.426. The highest BCUT2D eigenvalue weighted by atomic mass is 32.2. The van der Waals surface area contributed by atoms with Crippen LogP contribution < -0.4 is 0 Å². The Hall–Kier alpha value is -2.11. The molecule has 2 aromatic carbocycles. The summed E-state index contributed by atoms with van der Waals surface area (Å²) in [5.74, 6) is 0.585. The molecule has 0 unspecified atom stereocenters. The summed E-state index contributed by atoms with van der Waals surface area (Å²) in [5, 5.41) is 0. The fourth-order valence-electron chi connectivity index (χ4n) is 5.49. The van der Waals surface area contributed by atoms with Crippen molar-refractivity contribution in [2.45, 2.75) is 56.9 Å². The lowest BCUT2D eigenvalue weighted by Gasteiger charge is -2.49. The number of carbonyl (C=O) groups excluding carboxylic acids is 2. The predicted molar refractivity (Wildman–Crippen MR) is 136 cm³/mol. The Labute approximate surface area is 202 Å². The first kappa shape index (κ1) is 24.0. The van der Waals surface area contributed by atoms with Gasteiger partial charge in [-0.1, -0.05) is 30.3 Å². The topological polar surface area (TPSA) is 40.6 Å². The zero-order valence-corrected chi connectivity index (χ0v) is 21.2. The van der Waals surface area contributed by atoms with E-state index in [1.807, 2.05) is 61.2 Å². The first-order valence-electron chi connectivity index (χ1n) is 12.1. The number of thioether (sulfide) groups is 1. The number of carbonyl (C=O) groups is 2. The molecule has 2 fully saturated rings. The highest BCUT2D eigenvalue weighted by Gasteiger charge is 2.39. The molecule has 0 N–H and O–H groups in total. The summed E-state index contributed by atoms with van der Waals surface area (Å²) in [6, 6.07) is 14.1. The molecule has 4 rings (SSSR count). The van der Waals surface area contributed by atoms with Gasteiger partial charge in [0.05, 0.1) is 0 Å². The van der Waals surface area contributed by atoms with E-state index in [9.17, 15) is 9.59 Å². The monoisotopic (exact) mass is 464 g/mol. The van der Waals surface area contributed by atoms with Crippen LogP contribution in [0.15, 0.2) is 47.4 Å². The minimum absolute atomic E-state index is 0.103. The van der Waals surface area contributed by atoms with Crippen LogP contribution in [-0.2, 0) is 0 Å². The molecule has 176 valence electrons. The molecular formula is C28H36N2O2S. The number of ketones is 1. The number of amides is 1. The Morgan fingerprint density at radius 3 is 2.03 bits per heavy atom. The van der Waals surface area contributed by atoms with Crippen molar-refractivity contribution in [3.8, 4) is 0 Å². The van der Waals surface area contributed by atoms with Gasteiger partial charge in [0, 0.05) is 40.6 Å². The van der Waals surface area contributed by atoms with E-state index >= 15 is 0 Å². The van der Waals surface area contributed by atoms with Gasteiger partial charge < -0.3 is 4.90 Å². The second-order valence-electron chi connectivity index (χ2n) is 9.91. The number of aryl methyl sites for hydroxylation is 2. The summed E-state index contributed by atoms with van der Waals surface area (Å²) in [6.45, 7) is 9.90. The molecular weight excluding hydrogens is 428 g/mol. The number of nitrogens with zero attached hydrogens (tertiary/aromatic N) is 2. The van der Waals surface area contributed by atoms with E-state index in [4.69, 9.17) is 0 Å². The van der Waals surface area contributed by atoms with Crippen LogP contribution in [0.5, 0.6) is 0 Å². The standard InChI is InChI=1S/C28H36N2O2S/c1-20-6-5-7-21(2)25(20)27(32)29-18-14-28(3,15-19-29)30-16-12-23(13-17-30)26(31)22-8-10-24(33-4)11-9-22/h5-11,23H,12-19H2,1-4H3. The first-order chi connectivity index (χ1) is 15.8. The van der Waals surface area contributed by atoms with Crippen molar-refractivity contribution in [2.24, 2.45) is 5.92 Å². The van der Waals surface area contributed by atoms with Gasteiger partial charge in [-0.05, 0) is 89.1 Å². The van der Waals surface area contributed by atoms with E-state index in [2.05, 4.69) is 18.1 Å². The number of Topliss-reactive ketones (excluding diaryl/α,β-unsaturated/α-hetero) is 1. The average Bonchev–Trinajstić information content (AvgIpc) is 2.84. The Balaban J connectivity index is 1.33. The van der Waals surface area contributed by atoms with Crippen LogP contribution in [0.2, 0.25) is 0 Å². The van der Waals surface area contributed by atoms with Crippen molar-refractivity contribution in [1.82, 2.24) is 9.80 Å². The second kappa shape index (κ2) is 10.0. The van der Waals surface area contributed by atoms with E-state index < -0.39 is 0 Å². The largest absolute Gasteiger partial charge is 0.338 e. The predicted octanol–water partition coefficient (Wildman–Crippen LogP) is 5.61. The van der Waals surface area contributed by atoms with E-state index in [1.54, 1.807) is 11.8 Å². The fraction of sp³-hybridized carbons (Fsp3) is 0.500.